The van der Waals surface area contributed by atoms with Gasteiger partial charge in [-0.2, -0.15) is 0 Å². The molecule has 2 bridgehead atoms. The van der Waals surface area contributed by atoms with Crippen LogP contribution in [0, 0.1) is 11.7 Å². The molecule has 1 aromatic carbocycles. The Morgan fingerprint density at radius 3 is 3.10 bits per heavy atom. The van der Waals surface area contributed by atoms with Gasteiger partial charge in [-0.3, -0.25) is 0 Å². The first kappa shape index (κ1) is 12.2. The van der Waals surface area contributed by atoms with Crippen molar-refractivity contribution in [1.29, 1.82) is 0 Å². The van der Waals surface area contributed by atoms with Gasteiger partial charge in [0.05, 0.1) is 0 Å². The highest BCUT2D eigenvalue weighted by molar-refractivity contribution is 5.57. The van der Waals surface area contributed by atoms with E-state index < -0.39 is 6.10 Å². The summed E-state index contributed by atoms with van der Waals surface area (Å²) < 4.78 is 20.2. The molecule has 1 saturated heterocycles. The predicted octanol–water partition coefficient (Wildman–Crippen LogP) is 1.63. The summed E-state index contributed by atoms with van der Waals surface area (Å²) in [5.74, 6) is 0.411. The van der Waals surface area contributed by atoms with Crippen LogP contribution < -0.4 is 4.74 Å². The van der Waals surface area contributed by atoms with Gasteiger partial charge in [0.25, 0.3) is 0 Å². The van der Waals surface area contributed by atoms with Crippen LogP contribution in [0.2, 0.25) is 0 Å². The number of rotatable bonds is 0. The average Bonchev–Trinajstić information content (AvgIpc) is 2.83. The van der Waals surface area contributed by atoms with Gasteiger partial charge >= 0.3 is 0 Å². The van der Waals surface area contributed by atoms with E-state index in [1.165, 1.54) is 11.6 Å². The summed E-state index contributed by atoms with van der Waals surface area (Å²) in [6.45, 7) is 0.969. The summed E-state index contributed by atoms with van der Waals surface area (Å²) in [6, 6.07) is 3.84. The Hall–Kier alpha value is -1.39. The number of piperidine rings is 1. The van der Waals surface area contributed by atoms with Crippen molar-refractivity contribution in [2.75, 3.05) is 13.6 Å². The van der Waals surface area contributed by atoms with E-state index in [1.807, 2.05) is 12.1 Å². The summed E-state index contributed by atoms with van der Waals surface area (Å²) in [5.41, 5.74) is 2.01. The van der Waals surface area contributed by atoms with Crippen LogP contribution >= 0.6 is 0 Å². The van der Waals surface area contributed by atoms with Crippen LogP contribution in [0.5, 0.6) is 5.75 Å². The monoisotopic (exact) mass is 286 g/mol. The predicted molar refractivity (Wildman–Crippen MR) is 75.9 cm³/mol. The summed E-state index contributed by atoms with van der Waals surface area (Å²) in [6.07, 6.45) is 4.85. The molecule has 1 N–H and O–H groups in total. The maximum Gasteiger partial charge on any atom is 0.165 e. The Kier molecular flexibility index (Phi) is 2.13. The zero-order valence-corrected chi connectivity index (χ0v) is 11.9. The molecule has 1 spiro atoms. The lowest BCUT2D eigenvalue weighted by Gasteiger charge is -2.56. The van der Waals surface area contributed by atoms with Crippen LogP contribution in [-0.4, -0.2) is 41.8 Å². The van der Waals surface area contributed by atoms with Crippen molar-refractivity contribution >= 4 is 0 Å². The zero-order chi connectivity index (χ0) is 14.4. The van der Waals surface area contributed by atoms with E-state index in [9.17, 15) is 9.50 Å². The van der Waals surface area contributed by atoms with Gasteiger partial charge in [-0.05, 0) is 38.1 Å². The van der Waals surface area contributed by atoms with E-state index in [2.05, 4.69) is 18.0 Å². The molecule has 5 rings (SSSR count). The molecule has 110 valence electrons. The highest BCUT2D eigenvalue weighted by Gasteiger charge is 2.64. The van der Waals surface area contributed by atoms with Crippen LogP contribution in [0.15, 0.2) is 24.3 Å². The Bertz CT molecular complexity index is 673. The lowest BCUT2D eigenvalue weighted by Crippen LogP contribution is -2.64. The summed E-state index contributed by atoms with van der Waals surface area (Å²) in [5, 5.41) is 10.4. The Morgan fingerprint density at radius 1 is 1.38 bits per heavy atom. The summed E-state index contributed by atoms with van der Waals surface area (Å²) in [4.78, 5) is 2.40. The third kappa shape index (κ3) is 1.23. The molecule has 0 unspecified atom stereocenters. The molecule has 5 atom stereocenters. The first-order chi connectivity index (χ1) is 10.1. The molecule has 1 fully saturated rings. The third-order valence-corrected chi connectivity index (χ3v) is 6.12. The number of halogens is 1. The first-order valence-corrected chi connectivity index (χ1v) is 7.68. The Balaban J connectivity index is 1.84. The molecule has 0 aromatic heterocycles. The number of nitrogens with zero attached hydrogens (tertiary/aromatic N) is 1. The van der Waals surface area contributed by atoms with Crippen molar-refractivity contribution in [1.82, 2.24) is 4.90 Å². The van der Waals surface area contributed by atoms with Gasteiger partial charge in [-0.1, -0.05) is 18.2 Å². The topological polar surface area (TPSA) is 32.7 Å². The van der Waals surface area contributed by atoms with Crippen molar-refractivity contribution < 1.29 is 14.2 Å². The van der Waals surface area contributed by atoms with Gasteiger partial charge in [0.1, 0.15) is 12.2 Å². The van der Waals surface area contributed by atoms with Crippen molar-refractivity contribution in [2.45, 2.75) is 36.5 Å². The quantitative estimate of drug-likeness (QED) is 0.736. The van der Waals surface area contributed by atoms with E-state index in [0.29, 0.717) is 17.7 Å². The largest absolute Gasteiger partial charge is 0.483 e. The molecule has 1 aromatic rings. The smallest absolute Gasteiger partial charge is 0.165 e. The molecule has 3 nitrogen and oxygen atoms in total. The number of likely N-dealkylation sites (tertiary alicyclic amines) is 1. The van der Waals surface area contributed by atoms with Gasteiger partial charge in [-0.15, -0.1) is 0 Å². The van der Waals surface area contributed by atoms with E-state index in [4.69, 9.17) is 4.74 Å². The second kappa shape index (κ2) is 3.68. The van der Waals surface area contributed by atoms with Crippen LogP contribution in [0.1, 0.15) is 17.5 Å². The first-order valence-electron chi connectivity index (χ1n) is 7.68. The zero-order valence-electron chi connectivity index (χ0n) is 11.9. The third-order valence-electron chi connectivity index (χ3n) is 6.12. The highest BCUT2D eigenvalue weighted by Crippen LogP contribution is 2.60. The summed E-state index contributed by atoms with van der Waals surface area (Å²) in [7, 11) is 2.16. The highest BCUT2D eigenvalue weighted by atomic mass is 18.2. The van der Waals surface area contributed by atoms with Gasteiger partial charge < -0.3 is 14.7 Å². The minimum absolute atomic E-state index is 0.240. The fourth-order valence-electron chi connectivity index (χ4n) is 5.22. The Morgan fingerprint density at radius 2 is 2.24 bits per heavy atom. The fraction of sp³-hybridized carbons (Fsp3) is 0.529. The molecule has 21 heavy (non-hydrogen) atoms. The molecular weight excluding hydrogens is 268 g/mol. The second-order valence-electron chi connectivity index (χ2n) is 6.89. The van der Waals surface area contributed by atoms with Gasteiger partial charge in [0.15, 0.2) is 11.6 Å². The Labute approximate surface area is 123 Å². The number of aliphatic hydroxyl groups is 1. The minimum Gasteiger partial charge on any atom is -0.483 e. The number of ether oxygens (including phenoxy) is 1. The van der Waals surface area contributed by atoms with E-state index in [1.54, 1.807) is 0 Å². The van der Waals surface area contributed by atoms with E-state index in [0.717, 1.165) is 24.9 Å². The van der Waals surface area contributed by atoms with Gasteiger partial charge in [0.2, 0.25) is 0 Å². The number of likely N-dealkylation sites (N-methyl/N-ethyl adjacent to an activating group) is 1. The van der Waals surface area contributed by atoms with Gasteiger partial charge in [-0.25, -0.2) is 4.39 Å². The SMILES string of the molecule is CN1CC[C@]23c4c5ccc([18F])c4O[C@H]2[C@@H](O)C=C[C@H]3[C@H]1C5. The molecule has 4 heteroatoms. The van der Waals surface area contributed by atoms with Crippen LogP contribution in [0.4, 0.5) is 4.39 Å². The van der Waals surface area contributed by atoms with Crippen molar-refractivity contribution in [2.24, 2.45) is 5.92 Å². The maximum atomic E-state index is 14.2. The molecule has 0 saturated carbocycles. The molecular formula is C17H18FNO2. The fourth-order valence-corrected chi connectivity index (χ4v) is 5.22. The number of aliphatic hydroxyl groups excluding tert-OH is 1. The molecule has 2 aliphatic carbocycles. The van der Waals surface area contributed by atoms with Crippen molar-refractivity contribution in [3.05, 3.63) is 41.2 Å². The van der Waals surface area contributed by atoms with Crippen LogP contribution in [0.3, 0.4) is 0 Å². The molecule has 0 radical (unpaired) electrons. The number of hydrogen-bond acceptors (Lipinski definition) is 3. The number of benzene rings is 1. The van der Waals surface area contributed by atoms with E-state index >= 15 is 0 Å². The molecule has 4 aliphatic rings. The number of hydrogen-bond donors (Lipinski definition) is 1. The van der Waals surface area contributed by atoms with Gasteiger partial charge in [0, 0.05) is 22.9 Å². The molecule has 2 aliphatic heterocycles. The molecule has 2 heterocycles. The van der Waals surface area contributed by atoms with Crippen LogP contribution in [0.25, 0.3) is 0 Å². The second-order valence-corrected chi connectivity index (χ2v) is 6.89. The summed E-state index contributed by atoms with van der Waals surface area (Å²) >= 11 is 0. The van der Waals surface area contributed by atoms with Crippen molar-refractivity contribution in [3.8, 4) is 5.75 Å². The lowest BCUT2D eigenvalue weighted by atomic mass is 9.53. The minimum atomic E-state index is -0.650. The van der Waals surface area contributed by atoms with E-state index in [-0.39, 0.29) is 17.3 Å². The maximum absolute atomic E-state index is 14.2. The average molecular weight is 286 g/mol. The molecule has 0 amide bonds. The standard InChI is InChI=1S/C17H18FNO2/c1-19-7-6-17-10-3-5-13(20)16(17)21-15-11(18)4-2-9(14(15)17)8-12(10)19/h2-5,10,12-13,16,20H,6-8H2,1H3/t10-,12+,13-,16-,17-/m0/s1/i18-1. The van der Waals surface area contributed by atoms with Crippen molar-refractivity contribution in [3.63, 3.8) is 0 Å². The normalized spacial score (nSPS) is 42.6. The lowest BCUT2D eigenvalue weighted by molar-refractivity contribution is -0.0455. The van der Waals surface area contributed by atoms with Crippen LogP contribution in [-0.2, 0) is 11.8 Å².